The van der Waals surface area contributed by atoms with Crippen molar-refractivity contribution in [3.8, 4) is 0 Å². The van der Waals surface area contributed by atoms with E-state index in [-0.39, 0.29) is 6.10 Å². The predicted molar refractivity (Wildman–Crippen MR) is 68.1 cm³/mol. The van der Waals surface area contributed by atoms with Gasteiger partial charge in [0.25, 0.3) is 0 Å². The first-order valence-electron chi connectivity index (χ1n) is 6.81. The monoisotopic (exact) mass is 242 g/mol. The van der Waals surface area contributed by atoms with E-state index in [9.17, 15) is 5.11 Å². The molecule has 0 amide bonds. The second kappa shape index (κ2) is 6.14. The Hall–Kier alpha value is -0.160. The van der Waals surface area contributed by atoms with Gasteiger partial charge in [-0.05, 0) is 39.9 Å². The van der Waals surface area contributed by atoms with Gasteiger partial charge in [0.05, 0.1) is 12.7 Å². The van der Waals surface area contributed by atoms with E-state index in [4.69, 9.17) is 4.74 Å². The molecular formula is C13H26N2O2. The van der Waals surface area contributed by atoms with Crippen molar-refractivity contribution in [1.29, 1.82) is 0 Å². The van der Waals surface area contributed by atoms with Crippen LogP contribution in [0.5, 0.6) is 0 Å². The molecule has 2 aliphatic rings. The summed E-state index contributed by atoms with van der Waals surface area (Å²) in [5.41, 5.74) is 0. The van der Waals surface area contributed by atoms with Crippen molar-refractivity contribution in [1.82, 2.24) is 9.80 Å². The fraction of sp³-hybridized carbons (Fsp3) is 1.00. The highest BCUT2D eigenvalue weighted by Gasteiger charge is 2.28. The van der Waals surface area contributed by atoms with E-state index < -0.39 is 0 Å². The minimum Gasteiger partial charge on any atom is -0.393 e. The van der Waals surface area contributed by atoms with Crippen molar-refractivity contribution in [3.05, 3.63) is 0 Å². The zero-order valence-electron chi connectivity index (χ0n) is 11.1. The van der Waals surface area contributed by atoms with Crippen LogP contribution in [-0.2, 0) is 4.74 Å². The molecule has 0 aromatic heterocycles. The molecule has 3 unspecified atom stereocenters. The van der Waals surface area contributed by atoms with Gasteiger partial charge in [0.15, 0.2) is 0 Å². The molecule has 0 radical (unpaired) electrons. The van der Waals surface area contributed by atoms with Gasteiger partial charge >= 0.3 is 0 Å². The van der Waals surface area contributed by atoms with Crippen LogP contribution in [-0.4, -0.2) is 74.0 Å². The number of hydrogen-bond donors (Lipinski definition) is 1. The van der Waals surface area contributed by atoms with Gasteiger partial charge in [-0.3, -0.25) is 0 Å². The average Bonchev–Trinajstić information content (AvgIpc) is 2.32. The summed E-state index contributed by atoms with van der Waals surface area (Å²) in [6, 6.07) is 0.642. The van der Waals surface area contributed by atoms with Crippen LogP contribution < -0.4 is 0 Å². The van der Waals surface area contributed by atoms with Crippen LogP contribution >= 0.6 is 0 Å². The van der Waals surface area contributed by atoms with Crippen molar-refractivity contribution in [3.63, 3.8) is 0 Å². The van der Waals surface area contributed by atoms with Crippen LogP contribution in [0.2, 0.25) is 0 Å². The summed E-state index contributed by atoms with van der Waals surface area (Å²) < 4.78 is 5.46. The summed E-state index contributed by atoms with van der Waals surface area (Å²) in [6.07, 6.45) is 3.19. The van der Waals surface area contributed by atoms with Gasteiger partial charge in [0, 0.05) is 31.7 Å². The van der Waals surface area contributed by atoms with E-state index in [0.29, 0.717) is 25.2 Å². The molecule has 0 bridgehead atoms. The minimum absolute atomic E-state index is 0.174. The van der Waals surface area contributed by atoms with Gasteiger partial charge in [-0.25, -0.2) is 0 Å². The zero-order chi connectivity index (χ0) is 12.3. The molecule has 4 nitrogen and oxygen atoms in total. The lowest BCUT2D eigenvalue weighted by Gasteiger charge is -2.39. The smallest absolute Gasteiger partial charge is 0.0624 e. The number of rotatable bonds is 3. The zero-order valence-corrected chi connectivity index (χ0v) is 11.1. The van der Waals surface area contributed by atoms with E-state index in [2.05, 4.69) is 23.9 Å². The summed E-state index contributed by atoms with van der Waals surface area (Å²) in [5.74, 6) is 0.293. The second-order valence-electron chi connectivity index (χ2n) is 5.69. The van der Waals surface area contributed by atoms with Crippen molar-refractivity contribution in [2.45, 2.75) is 31.4 Å². The molecule has 2 saturated heterocycles. The normalized spacial score (nSPS) is 36.4. The minimum atomic E-state index is -0.174. The second-order valence-corrected chi connectivity index (χ2v) is 5.69. The summed E-state index contributed by atoms with van der Waals surface area (Å²) in [6.45, 7) is 4.76. The van der Waals surface area contributed by atoms with Gasteiger partial charge in [-0.1, -0.05) is 0 Å². The molecule has 100 valence electrons. The molecule has 2 aliphatic heterocycles. The largest absolute Gasteiger partial charge is 0.393 e. The molecule has 0 aromatic rings. The van der Waals surface area contributed by atoms with Crippen molar-refractivity contribution >= 4 is 0 Å². The molecule has 2 rings (SSSR count). The SMILES string of the molecule is CN1CCCC(N(C)CC2COCCC2O)C1. The van der Waals surface area contributed by atoms with Crippen LogP contribution in [0, 0.1) is 5.92 Å². The fourth-order valence-electron chi connectivity index (χ4n) is 2.98. The first-order chi connectivity index (χ1) is 8.16. The Morgan fingerprint density at radius 3 is 2.94 bits per heavy atom. The Bertz CT molecular complexity index is 237. The summed E-state index contributed by atoms with van der Waals surface area (Å²) >= 11 is 0. The van der Waals surface area contributed by atoms with Crippen LogP contribution in [0.25, 0.3) is 0 Å². The topological polar surface area (TPSA) is 35.9 Å². The van der Waals surface area contributed by atoms with E-state index in [0.717, 1.165) is 19.5 Å². The molecule has 4 heteroatoms. The van der Waals surface area contributed by atoms with Gasteiger partial charge in [0.2, 0.25) is 0 Å². The summed E-state index contributed by atoms with van der Waals surface area (Å²) in [4.78, 5) is 4.82. The van der Waals surface area contributed by atoms with Crippen molar-refractivity contribution < 1.29 is 9.84 Å². The Balaban J connectivity index is 1.80. The number of ether oxygens (including phenoxy) is 1. The average molecular weight is 242 g/mol. The molecule has 0 aromatic carbocycles. The number of piperidine rings is 1. The first-order valence-corrected chi connectivity index (χ1v) is 6.81. The Morgan fingerprint density at radius 2 is 2.24 bits per heavy atom. The van der Waals surface area contributed by atoms with E-state index in [1.165, 1.54) is 19.4 Å². The third-order valence-corrected chi connectivity index (χ3v) is 4.18. The molecule has 0 spiro atoms. The molecule has 17 heavy (non-hydrogen) atoms. The number of hydrogen-bond acceptors (Lipinski definition) is 4. The standard InChI is InChI=1S/C13H26N2O2/c1-14-6-3-4-12(9-14)15(2)8-11-10-17-7-5-13(11)16/h11-13,16H,3-10H2,1-2H3. The Labute approximate surface area is 105 Å². The highest BCUT2D eigenvalue weighted by atomic mass is 16.5. The van der Waals surface area contributed by atoms with Gasteiger partial charge in [-0.2, -0.15) is 0 Å². The number of aliphatic hydroxyl groups is 1. The molecule has 2 heterocycles. The lowest BCUT2D eigenvalue weighted by molar-refractivity contribution is -0.0500. The summed E-state index contributed by atoms with van der Waals surface area (Å²) in [7, 11) is 4.38. The predicted octanol–water partition coefficient (Wildman–Crippen LogP) is 0.410. The van der Waals surface area contributed by atoms with Crippen LogP contribution in [0.3, 0.4) is 0 Å². The summed E-state index contributed by atoms with van der Waals surface area (Å²) in [5, 5.41) is 9.95. The lowest BCUT2D eigenvalue weighted by Crippen LogP contribution is -2.49. The Morgan fingerprint density at radius 1 is 1.41 bits per heavy atom. The van der Waals surface area contributed by atoms with E-state index >= 15 is 0 Å². The third kappa shape index (κ3) is 3.65. The molecule has 1 N–H and O–H groups in total. The van der Waals surface area contributed by atoms with Gasteiger partial charge in [-0.15, -0.1) is 0 Å². The number of aliphatic hydroxyl groups excluding tert-OH is 1. The highest BCUT2D eigenvalue weighted by Crippen LogP contribution is 2.19. The van der Waals surface area contributed by atoms with Crippen molar-refractivity contribution in [2.24, 2.45) is 5.92 Å². The Kier molecular flexibility index (Phi) is 4.79. The van der Waals surface area contributed by atoms with Crippen LogP contribution in [0.4, 0.5) is 0 Å². The number of nitrogens with zero attached hydrogens (tertiary/aromatic N) is 2. The van der Waals surface area contributed by atoms with Crippen LogP contribution in [0.1, 0.15) is 19.3 Å². The molecule has 2 fully saturated rings. The maximum absolute atomic E-state index is 9.95. The third-order valence-electron chi connectivity index (χ3n) is 4.18. The quantitative estimate of drug-likeness (QED) is 0.777. The van der Waals surface area contributed by atoms with Crippen molar-refractivity contribution in [2.75, 3.05) is 46.9 Å². The molecule has 0 aliphatic carbocycles. The number of likely N-dealkylation sites (tertiary alicyclic amines) is 1. The van der Waals surface area contributed by atoms with Crippen LogP contribution in [0.15, 0.2) is 0 Å². The molecular weight excluding hydrogens is 216 g/mol. The molecule has 3 atom stereocenters. The van der Waals surface area contributed by atoms with E-state index in [1.54, 1.807) is 0 Å². The van der Waals surface area contributed by atoms with E-state index in [1.807, 2.05) is 0 Å². The van der Waals surface area contributed by atoms with Gasteiger partial charge < -0.3 is 19.6 Å². The first kappa shape index (κ1) is 13.3. The maximum Gasteiger partial charge on any atom is 0.0624 e. The maximum atomic E-state index is 9.95. The highest BCUT2D eigenvalue weighted by molar-refractivity contribution is 4.82. The van der Waals surface area contributed by atoms with Gasteiger partial charge in [0.1, 0.15) is 0 Å². The lowest BCUT2D eigenvalue weighted by atomic mass is 9.96. The molecule has 0 saturated carbocycles. The fourth-order valence-corrected chi connectivity index (χ4v) is 2.98. The number of likely N-dealkylation sites (N-methyl/N-ethyl adjacent to an activating group) is 2.